The van der Waals surface area contributed by atoms with E-state index in [0.717, 1.165) is 35.3 Å². The molecular weight excluding hydrogens is 246 g/mol. The van der Waals surface area contributed by atoms with Gasteiger partial charge in [-0.3, -0.25) is 0 Å². The summed E-state index contributed by atoms with van der Waals surface area (Å²) in [5.74, 6) is 0.862. The van der Waals surface area contributed by atoms with Crippen molar-refractivity contribution in [1.29, 1.82) is 0 Å². The Hall–Kier alpha value is -1.53. The fraction of sp³-hybridized carbons (Fsp3) is 0.417. The molecule has 0 aliphatic heterocycles. The van der Waals surface area contributed by atoms with E-state index >= 15 is 0 Å². The third-order valence-corrected chi connectivity index (χ3v) is 3.34. The standard InChI is InChI=1S/C12H17N5S/c1-9-14-11(8-18-9)7-17(3)12-5-4-10(6-13-2)15-16-12/h4-5,8,13H,6-7H2,1-3H3. The minimum atomic E-state index is 0.738. The van der Waals surface area contributed by atoms with E-state index in [1.807, 2.05) is 38.1 Å². The Kier molecular flexibility index (Phi) is 4.22. The lowest BCUT2D eigenvalue weighted by Crippen LogP contribution is -2.19. The molecular formula is C12H17N5S. The number of rotatable bonds is 5. The third kappa shape index (κ3) is 3.24. The van der Waals surface area contributed by atoms with Gasteiger partial charge in [0.05, 0.1) is 22.9 Å². The number of thiazole rings is 1. The first kappa shape index (κ1) is 12.9. The van der Waals surface area contributed by atoms with Crippen LogP contribution < -0.4 is 10.2 Å². The Bertz CT molecular complexity index is 493. The van der Waals surface area contributed by atoms with Gasteiger partial charge in [0.2, 0.25) is 0 Å². The molecule has 0 spiro atoms. The maximum absolute atomic E-state index is 4.44. The summed E-state index contributed by atoms with van der Waals surface area (Å²) in [5.41, 5.74) is 2.01. The SMILES string of the molecule is CNCc1ccc(N(C)Cc2csc(C)n2)nn1. The van der Waals surface area contributed by atoms with Crippen molar-refractivity contribution in [3.63, 3.8) is 0 Å². The van der Waals surface area contributed by atoms with Crippen LogP contribution in [0.3, 0.4) is 0 Å². The zero-order valence-corrected chi connectivity index (χ0v) is 11.7. The van der Waals surface area contributed by atoms with Crippen molar-refractivity contribution in [1.82, 2.24) is 20.5 Å². The van der Waals surface area contributed by atoms with Gasteiger partial charge in [-0.25, -0.2) is 4.98 Å². The Labute approximate surface area is 111 Å². The zero-order chi connectivity index (χ0) is 13.0. The van der Waals surface area contributed by atoms with Gasteiger partial charge in [0.1, 0.15) is 0 Å². The van der Waals surface area contributed by atoms with Gasteiger partial charge in [-0.15, -0.1) is 16.4 Å². The molecule has 0 fully saturated rings. The lowest BCUT2D eigenvalue weighted by molar-refractivity contribution is 0.757. The molecule has 0 aromatic carbocycles. The first-order chi connectivity index (χ1) is 8.69. The van der Waals surface area contributed by atoms with Crippen molar-refractivity contribution in [2.24, 2.45) is 0 Å². The summed E-state index contributed by atoms with van der Waals surface area (Å²) in [5, 5.41) is 14.6. The summed E-state index contributed by atoms with van der Waals surface area (Å²) < 4.78 is 0. The average Bonchev–Trinajstić information content (AvgIpc) is 2.76. The van der Waals surface area contributed by atoms with Gasteiger partial charge >= 0.3 is 0 Å². The normalized spacial score (nSPS) is 10.6. The molecule has 2 aromatic heterocycles. The van der Waals surface area contributed by atoms with Gasteiger partial charge in [-0.2, -0.15) is 5.10 Å². The molecule has 5 nitrogen and oxygen atoms in total. The van der Waals surface area contributed by atoms with Crippen LogP contribution in [0.1, 0.15) is 16.4 Å². The van der Waals surface area contributed by atoms with Gasteiger partial charge in [0.25, 0.3) is 0 Å². The van der Waals surface area contributed by atoms with Crippen molar-refractivity contribution in [2.75, 3.05) is 19.0 Å². The highest BCUT2D eigenvalue weighted by Crippen LogP contribution is 2.14. The van der Waals surface area contributed by atoms with Crippen LogP contribution in [0.25, 0.3) is 0 Å². The van der Waals surface area contributed by atoms with Crippen LogP contribution in [0.15, 0.2) is 17.5 Å². The van der Waals surface area contributed by atoms with E-state index in [1.165, 1.54) is 0 Å². The number of nitrogens with zero attached hydrogens (tertiary/aromatic N) is 4. The molecule has 0 bridgehead atoms. The second kappa shape index (κ2) is 5.88. The van der Waals surface area contributed by atoms with Crippen LogP contribution in [0, 0.1) is 6.92 Å². The quantitative estimate of drug-likeness (QED) is 0.888. The molecule has 2 aromatic rings. The monoisotopic (exact) mass is 263 g/mol. The summed E-state index contributed by atoms with van der Waals surface area (Å²) >= 11 is 1.67. The first-order valence-corrected chi connectivity index (χ1v) is 6.66. The second-order valence-electron chi connectivity index (χ2n) is 4.13. The van der Waals surface area contributed by atoms with E-state index in [4.69, 9.17) is 0 Å². The van der Waals surface area contributed by atoms with E-state index in [2.05, 4.69) is 25.9 Å². The number of hydrogen-bond donors (Lipinski definition) is 1. The minimum absolute atomic E-state index is 0.738. The molecule has 0 radical (unpaired) electrons. The first-order valence-electron chi connectivity index (χ1n) is 5.78. The molecule has 0 saturated heterocycles. The molecule has 0 atom stereocenters. The summed E-state index contributed by atoms with van der Waals surface area (Å²) in [6.45, 7) is 3.51. The summed E-state index contributed by atoms with van der Waals surface area (Å²) in [7, 11) is 3.89. The van der Waals surface area contributed by atoms with Crippen molar-refractivity contribution in [3.8, 4) is 0 Å². The minimum Gasteiger partial charge on any atom is -0.352 e. The molecule has 96 valence electrons. The largest absolute Gasteiger partial charge is 0.352 e. The average molecular weight is 263 g/mol. The highest BCUT2D eigenvalue weighted by molar-refractivity contribution is 7.09. The van der Waals surface area contributed by atoms with E-state index in [9.17, 15) is 0 Å². The fourth-order valence-electron chi connectivity index (χ4n) is 1.64. The fourth-order valence-corrected chi connectivity index (χ4v) is 2.24. The molecule has 6 heteroatoms. The highest BCUT2D eigenvalue weighted by atomic mass is 32.1. The highest BCUT2D eigenvalue weighted by Gasteiger charge is 2.06. The van der Waals surface area contributed by atoms with E-state index in [-0.39, 0.29) is 0 Å². The van der Waals surface area contributed by atoms with Gasteiger partial charge in [-0.05, 0) is 26.1 Å². The van der Waals surface area contributed by atoms with Crippen LogP contribution in [0.4, 0.5) is 5.82 Å². The molecule has 18 heavy (non-hydrogen) atoms. The smallest absolute Gasteiger partial charge is 0.151 e. The number of hydrogen-bond acceptors (Lipinski definition) is 6. The second-order valence-corrected chi connectivity index (χ2v) is 5.19. The zero-order valence-electron chi connectivity index (χ0n) is 10.8. The number of aromatic nitrogens is 3. The third-order valence-electron chi connectivity index (χ3n) is 2.52. The Morgan fingerprint density at radius 3 is 2.67 bits per heavy atom. The van der Waals surface area contributed by atoms with Crippen LogP contribution in [0.2, 0.25) is 0 Å². The number of aryl methyl sites for hydroxylation is 1. The molecule has 0 aliphatic rings. The predicted octanol–water partition coefficient (Wildman–Crippen LogP) is 1.60. The van der Waals surface area contributed by atoms with E-state index in [0.29, 0.717) is 0 Å². The topological polar surface area (TPSA) is 53.9 Å². The van der Waals surface area contributed by atoms with Crippen molar-refractivity contribution in [3.05, 3.63) is 33.9 Å². The molecule has 2 rings (SSSR count). The van der Waals surface area contributed by atoms with Crippen molar-refractivity contribution < 1.29 is 0 Å². The lowest BCUT2D eigenvalue weighted by atomic mass is 10.3. The maximum Gasteiger partial charge on any atom is 0.151 e. The van der Waals surface area contributed by atoms with Gasteiger partial charge in [0.15, 0.2) is 5.82 Å². The Morgan fingerprint density at radius 1 is 1.28 bits per heavy atom. The molecule has 1 N–H and O–H groups in total. The summed E-state index contributed by atoms with van der Waals surface area (Å²) in [4.78, 5) is 6.49. The predicted molar refractivity (Wildman–Crippen MR) is 73.8 cm³/mol. The molecule has 0 aliphatic carbocycles. The number of nitrogens with one attached hydrogen (secondary N) is 1. The van der Waals surface area contributed by atoms with Crippen molar-refractivity contribution >= 4 is 17.2 Å². The van der Waals surface area contributed by atoms with Crippen LogP contribution >= 0.6 is 11.3 Å². The van der Waals surface area contributed by atoms with Crippen molar-refractivity contribution in [2.45, 2.75) is 20.0 Å². The molecule has 0 saturated carbocycles. The van der Waals surface area contributed by atoms with Crippen LogP contribution in [-0.4, -0.2) is 29.3 Å². The molecule has 0 unspecified atom stereocenters. The number of anilines is 1. The van der Waals surface area contributed by atoms with E-state index in [1.54, 1.807) is 11.3 Å². The molecule has 2 heterocycles. The lowest BCUT2D eigenvalue weighted by Gasteiger charge is -2.16. The molecule has 0 amide bonds. The maximum atomic E-state index is 4.44. The summed E-state index contributed by atoms with van der Waals surface area (Å²) in [6, 6.07) is 3.97. The Balaban J connectivity index is 2.02. The Morgan fingerprint density at radius 2 is 2.11 bits per heavy atom. The van der Waals surface area contributed by atoms with Crippen LogP contribution in [-0.2, 0) is 13.1 Å². The van der Waals surface area contributed by atoms with Gasteiger partial charge < -0.3 is 10.2 Å². The van der Waals surface area contributed by atoms with Crippen LogP contribution in [0.5, 0.6) is 0 Å². The van der Waals surface area contributed by atoms with E-state index < -0.39 is 0 Å². The van der Waals surface area contributed by atoms with Gasteiger partial charge in [0, 0.05) is 19.0 Å². The van der Waals surface area contributed by atoms with Gasteiger partial charge in [-0.1, -0.05) is 0 Å². The summed E-state index contributed by atoms with van der Waals surface area (Å²) in [6.07, 6.45) is 0.